The molecule has 2 saturated carbocycles. The van der Waals surface area contributed by atoms with Gasteiger partial charge in [-0.15, -0.1) is 0 Å². The Kier molecular flexibility index (Phi) is 3.08. The van der Waals surface area contributed by atoms with Crippen molar-refractivity contribution < 1.29 is 5.11 Å². The van der Waals surface area contributed by atoms with E-state index in [1.165, 1.54) is 6.42 Å². The first-order valence-corrected chi connectivity index (χ1v) is 7.30. The topological polar surface area (TPSA) is 44.0 Å². The maximum absolute atomic E-state index is 10.7. The summed E-state index contributed by atoms with van der Waals surface area (Å²) in [6.45, 7) is 1.94. The molecule has 1 aromatic rings. The Morgan fingerprint density at radius 1 is 1.47 bits per heavy atom. The number of nitriles is 1. The summed E-state index contributed by atoms with van der Waals surface area (Å²) in [5.74, 6) is 0.970. The quantitative estimate of drug-likeness (QED) is 0.886. The highest BCUT2D eigenvalue weighted by Crippen LogP contribution is 2.60. The van der Waals surface area contributed by atoms with Crippen molar-refractivity contribution in [1.82, 2.24) is 0 Å². The molecule has 0 heterocycles. The Labute approximate surface area is 119 Å². The fraction of sp³-hybridized carbons (Fsp3) is 0.562. The van der Waals surface area contributed by atoms with Gasteiger partial charge >= 0.3 is 0 Å². The number of aryl methyl sites for hydroxylation is 1. The Morgan fingerprint density at radius 2 is 2.26 bits per heavy atom. The lowest BCUT2D eigenvalue weighted by atomic mass is 9.68. The molecule has 0 radical (unpaired) electrons. The zero-order chi connectivity index (χ0) is 13.6. The molecule has 4 unspecified atom stereocenters. The molecule has 2 nitrogen and oxygen atoms in total. The summed E-state index contributed by atoms with van der Waals surface area (Å²) in [5.41, 5.74) is 1.18. The summed E-state index contributed by atoms with van der Waals surface area (Å²) in [5, 5.41) is 21.0. The van der Waals surface area contributed by atoms with Crippen LogP contribution >= 0.6 is 11.6 Å². The van der Waals surface area contributed by atoms with E-state index in [1.807, 2.05) is 25.1 Å². The summed E-state index contributed by atoms with van der Waals surface area (Å²) in [6, 6.07) is 8.08. The van der Waals surface area contributed by atoms with Crippen LogP contribution in [0.2, 0.25) is 5.02 Å². The third-order valence-electron chi connectivity index (χ3n) is 5.10. The van der Waals surface area contributed by atoms with Crippen molar-refractivity contribution >= 4 is 11.6 Å². The van der Waals surface area contributed by atoms with Gasteiger partial charge in [-0.25, -0.2) is 0 Å². The van der Waals surface area contributed by atoms with Crippen molar-refractivity contribution in [2.75, 3.05) is 0 Å². The summed E-state index contributed by atoms with van der Waals surface area (Å²) in [4.78, 5) is 0. The fourth-order valence-corrected chi connectivity index (χ4v) is 4.17. The monoisotopic (exact) mass is 275 g/mol. The molecule has 0 spiro atoms. The fourth-order valence-electron chi connectivity index (χ4n) is 3.98. The molecule has 100 valence electrons. The van der Waals surface area contributed by atoms with Gasteiger partial charge in [0.2, 0.25) is 0 Å². The highest BCUT2D eigenvalue weighted by atomic mass is 35.5. The van der Waals surface area contributed by atoms with E-state index in [9.17, 15) is 10.4 Å². The second-order valence-electron chi connectivity index (χ2n) is 6.14. The lowest BCUT2D eigenvalue weighted by Crippen LogP contribution is -2.33. The van der Waals surface area contributed by atoms with Crippen molar-refractivity contribution in [3.8, 4) is 6.07 Å². The zero-order valence-electron chi connectivity index (χ0n) is 11.1. The second kappa shape index (κ2) is 4.51. The number of hydrogen-bond donors (Lipinski definition) is 1. The first kappa shape index (κ1) is 13.0. The molecule has 0 aromatic heterocycles. The molecule has 2 fully saturated rings. The molecular weight excluding hydrogens is 258 g/mol. The zero-order valence-corrected chi connectivity index (χ0v) is 11.8. The standard InChI is InChI=1S/C16H18ClNO/c1-10-2-4-12(7-14(10)17)15(19)16(9-18)8-11-3-5-13(16)6-11/h2,4,7,11,13,15,19H,3,5-6,8H2,1H3. The maximum Gasteiger partial charge on any atom is 0.0979 e. The molecule has 2 bridgehead atoms. The van der Waals surface area contributed by atoms with Crippen LogP contribution < -0.4 is 0 Å². The smallest absolute Gasteiger partial charge is 0.0979 e. The molecule has 4 atom stereocenters. The average Bonchev–Trinajstić information content (AvgIpc) is 3.02. The highest BCUT2D eigenvalue weighted by molar-refractivity contribution is 6.31. The van der Waals surface area contributed by atoms with Gasteiger partial charge in [-0.05, 0) is 55.2 Å². The van der Waals surface area contributed by atoms with E-state index in [0.29, 0.717) is 16.9 Å². The van der Waals surface area contributed by atoms with E-state index in [2.05, 4.69) is 6.07 Å². The van der Waals surface area contributed by atoms with Crippen LogP contribution in [0.5, 0.6) is 0 Å². The van der Waals surface area contributed by atoms with Gasteiger partial charge in [0, 0.05) is 5.02 Å². The van der Waals surface area contributed by atoms with Crippen LogP contribution in [0, 0.1) is 35.5 Å². The van der Waals surface area contributed by atoms with Gasteiger partial charge in [-0.2, -0.15) is 5.26 Å². The van der Waals surface area contributed by atoms with Crippen molar-refractivity contribution in [2.24, 2.45) is 17.3 Å². The van der Waals surface area contributed by atoms with Crippen LogP contribution in [-0.2, 0) is 0 Å². The SMILES string of the molecule is Cc1ccc(C(O)C2(C#N)CC3CCC2C3)cc1Cl. The molecular formula is C16H18ClNO. The van der Waals surface area contributed by atoms with Crippen molar-refractivity contribution in [3.05, 3.63) is 34.3 Å². The van der Waals surface area contributed by atoms with Crippen LogP contribution in [0.1, 0.15) is 42.9 Å². The van der Waals surface area contributed by atoms with Crippen LogP contribution in [-0.4, -0.2) is 5.11 Å². The Bertz CT molecular complexity index is 550. The first-order valence-electron chi connectivity index (χ1n) is 6.92. The molecule has 0 saturated heterocycles. The van der Waals surface area contributed by atoms with Crippen LogP contribution in [0.15, 0.2) is 18.2 Å². The minimum atomic E-state index is -0.717. The highest BCUT2D eigenvalue weighted by Gasteiger charge is 2.55. The van der Waals surface area contributed by atoms with Gasteiger partial charge in [0.25, 0.3) is 0 Å². The number of rotatable bonds is 2. The molecule has 19 heavy (non-hydrogen) atoms. The van der Waals surface area contributed by atoms with E-state index in [-0.39, 0.29) is 0 Å². The molecule has 0 aliphatic heterocycles. The number of aliphatic hydroxyl groups is 1. The molecule has 2 aliphatic carbocycles. The van der Waals surface area contributed by atoms with Crippen LogP contribution in [0.4, 0.5) is 0 Å². The molecule has 3 rings (SSSR count). The third kappa shape index (κ3) is 1.88. The number of halogens is 1. The first-order chi connectivity index (χ1) is 9.06. The van der Waals surface area contributed by atoms with E-state index in [0.717, 1.165) is 30.4 Å². The van der Waals surface area contributed by atoms with Crippen molar-refractivity contribution in [3.63, 3.8) is 0 Å². The normalized spacial score (nSPS) is 34.2. The predicted molar refractivity (Wildman–Crippen MR) is 74.6 cm³/mol. The molecule has 1 aromatic carbocycles. The van der Waals surface area contributed by atoms with Crippen molar-refractivity contribution in [2.45, 2.75) is 38.7 Å². The van der Waals surface area contributed by atoms with Crippen molar-refractivity contribution in [1.29, 1.82) is 5.26 Å². The van der Waals surface area contributed by atoms with Crippen LogP contribution in [0.3, 0.4) is 0 Å². The Morgan fingerprint density at radius 3 is 2.79 bits per heavy atom. The van der Waals surface area contributed by atoms with Gasteiger partial charge in [0.1, 0.15) is 0 Å². The maximum atomic E-state index is 10.7. The molecule has 1 N–H and O–H groups in total. The second-order valence-corrected chi connectivity index (χ2v) is 6.55. The number of aliphatic hydroxyl groups excluding tert-OH is 1. The third-order valence-corrected chi connectivity index (χ3v) is 5.51. The largest absolute Gasteiger partial charge is 0.387 e. The Balaban J connectivity index is 1.96. The van der Waals surface area contributed by atoms with E-state index >= 15 is 0 Å². The van der Waals surface area contributed by atoms with Gasteiger partial charge in [-0.3, -0.25) is 0 Å². The van der Waals surface area contributed by atoms with Gasteiger partial charge in [0.05, 0.1) is 17.6 Å². The number of fused-ring (bicyclic) bond motifs is 2. The van der Waals surface area contributed by atoms with E-state index < -0.39 is 11.5 Å². The number of nitrogens with zero attached hydrogens (tertiary/aromatic N) is 1. The summed E-state index contributed by atoms with van der Waals surface area (Å²) < 4.78 is 0. The lowest BCUT2D eigenvalue weighted by molar-refractivity contribution is 0.0233. The number of hydrogen-bond acceptors (Lipinski definition) is 2. The summed E-state index contributed by atoms with van der Waals surface area (Å²) in [6.07, 6.45) is 3.51. The average molecular weight is 276 g/mol. The van der Waals surface area contributed by atoms with Crippen LogP contribution in [0.25, 0.3) is 0 Å². The number of benzene rings is 1. The summed E-state index contributed by atoms with van der Waals surface area (Å²) in [7, 11) is 0. The minimum absolute atomic E-state index is 0.345. The summed E-state index contributed by atoms with van der Waals surface area (Å²) >= 11 is 6.14. The lowest BCUT2D eigenvalue weighted by Gasteiger charge is -2.35. The van der Waals surface area contributed by atoms with Gasteiger partial charge in [-0.1, -0.05) is 30.2 Å². The van der Waals surface area contributed by atoms with E-state index in [4.69, 9.17) is 11.6 Å². The molecule has 0 amide bonds. The minimum Gasteiger partial charge on any atom is -0.387 e. The molecule has 2 aliphatic rings. The van der Waals surface area contributed by atoms with Gasteiger partial charge in [0.15, 0.2) is 0 Å². The molecule has 3 heteroatoms. The predicted octanol–water partition coefficient (Wildman–Crippen LogP) is 4.01. The van der Waals surface area contributed by atoms with E-state index in [1.54, 1.807) is 0 Å². The Hall–Kier alpha value is -1.04. The van der Waals surface area contributed by atoms with Gasteiger partial charge < -0.3 is 5.11 Å².